The smallest absolute Gasteiger partial charge is 0.255 e. The van der Waals surface area contributed by atoms with E-state index in [4.69, 9.17) is 9.47 Å². The molecule has 0 radical (unpaired) electrons. The Hall–Kier alpha value is -3.87. The third-order valence-corrected chi connectivity index (χ3v) is 7.37. The minimum Gasteiger partial charge on any atom is -0.497 e. The summed E-state index contributed by atoms with van der Waals surface area (Å²) in [6, 6.07) is 18.6. The number of hydrogen-bond acceptors (Lipinski definition) is 5. The summed E-state index contributed by atoms with van der Waals surface area (Å²) in [5.74, 6) is 2.06. The monoisotopic (exact) mass is 484 g/mol. The molecule has 0 unspecified atom stereocenters. The van der Waals surface area contributed by atoms with Crippen LogP contribution in [0, 0.1) is 0 Å². The quantitative estimate of drug-likeness (QED) is 0.356. The summed E-state index contributed by atoms with van der Waals surface area (Å²) < 4.78 is 12.6. The van der Waals surface area contributed by atoms with E-state index in [1.54, 1.807) is 26.6 Å². The maximum Gasteiger partial charge on any atom is 0.255 e. The summed E-state index contributed by atoms with van der Waals surface area (Å²) in [5, 5.41) is 5.37. The second-order valence-corrected chi connectivity index (χ2v) is 9.45. The minimum absolute atomic E-state index is 0.0112. The fourth-order valence-electron chi connectivity index (χ4n) is 5.24. The molecule has 0 spiro atoms. The van der Waals surface area contributed by atoms with Gasteiger partial charge in [0.2, 0.25) is 0 Å². The minimum atomic E-state index is 0.0112. The molecular formula is C29H32N4O3. The number of methoxy groups -OCH3 is 2. The Bertz CT molecular complexity index is 1340. The van der Waals surface area contributed by atoms with Gasteiger partial charge in [-0.15, -0.1) is 0 Å². The average molecular weight is 485 g/mol. The molecule has 0 N–H and O–H groups in total. The zero-order chi connectivity index (χ0) is 25.1. The number of carbonyl (C=O) groups is 1. The van der Waals surface area contributed by atoms with Gasteiger partial charge in [0.15, 0.2) is 5.65 Å². The molecule has 1 saturated carbocycles. The molecular weight excluding hydrogens is 452 g/mol. The summed E-state index contributed by atoms with van der Waals surface area (Å²) >= 11 is 0. The largest absolute Gasteiger partial charge is 0.497 e. The third-order valence-electron chi connectivity index (χ3n) is 7.37. The van der Waals surface area contributed by atoms with Gasteiger partial charge in [0.05, 0.1) is 32.5 Å². The van der Waals surface area contributed by atoms with Crippen molar-refractivity contribution in [2.24, 2.45) is 0 Å². The third kappa shape index (κ3) is 4.78. The summed E-state index contributed by atoms with van der Waals surface area (Å²) in [7, 11) is 5.19. The summed E-state index contributed by atoms with van der Waals surface area (Å²) in [5.41, 5.74) is 3.70. The van der Waals surface area contributed by atoms with E-state index in [0.29, 0.717) is 18.0 Å². The van der Waals surface area contributed by atoms with E-state index in [9.17, 15) is 4.79 Å². The number of amides is 1. The first-order valence-electron chi connectivity index (χ1n) is 12.4. The number of carbonyl (C=O) groups excluding carboxylic acids is 1. The van der Waals surface area contributed by atoms with Gasteiger partial charge in [-0.1, -0.05) is 30.3 Å². The van der Waals surface area contributed by atoms with E-state index in [1.165, 1.54) is 5.56 Å². The summed E-state index contributed by atoms with van der Waals surface area (Å²) in [4.78, 5) is 19.8. The van der Waals surface area contributed by atoms with Crippen molar-refractivity contribution in [2.75, 3.05) is 21.3 Å². The van der Waals surface area contributed by atoms with Gasteiger partial charge in [0, 0.05) is 36.3 Å². The van der Waals surface area contributed by atoms with Crippen molar-refractivity contribution in [1.29, 1.82) is 0 Å². The highest BCUT2D eigenvalue weighted by molar-refractivity contribution is 5.96. The summed E-state index contributed by atoms with van der Waals surface area (Å²) in [6.45, 7) is 0.502. The zero-order valence-corrected chi connectivity index (χ0v) is 21.1. The fraction of sp³-hybridized carbons (Fsp3) is 0.345. The van der Waals surface area contributed by atoms with Gasteiger partial charge in [0.1, 0.15) is 11.5 Å². The van der Waals surface area contributed by atoms with Gasteiger partial charge in [0.25, 0.3) is 5.91 Å². The first-order chi connectivity index (χ1) is 17.6. The van der Waals surface area contributed by atoms with Crippen LogP contribution in [0.15, 0.2) is 67.0 Å². The fourth-order valence-corrected chi connectivity index (χ4v) is 5.24. The first-order valence-corrected chi connectivity index (χ1v) is 12.4. The molecule has 5 rings (SSSR count). The topological polar surface area (TPSA) is 69.5 Å². The number of nitrogens with zero attached hydrogens (tertiary/aromatic N) is 4. The lowest BCUT2D eigenvalue weighted by Gasteiger charge is -2.35. The highest BCUT2D eigenvalue weighted by atomic mass is 16.5. The van der Waals surface area contributed by atoms with Crippen LogP contribution in [-0.4, -0.2) is 52.9 Å². The average Bonchev–Trinajstić information content (AvgIpc) is 3.34. The molecule has 36 heavy (non-hydrogen) atoms. The Morgan fingerprint density at radius 2 is 1.78 bits per heavy atom. The highest BCUT2D eigenvalue weighted by Crippen LogP contribution is 2.35. The van der Waals surface area contributed by atoms with Crippen molar-refractivity contribution >= 4 is 16.9 Å². The molecule has 0 aliphatic heterocycles. The van der Waals surface area contributed by atoms with Crippen molar-refractivity contribution in [3.8, 4) is 11.5 Å². The standard InChI is InChI=1S/C29H32N4O3/c1-32(25-12-9-21(10-13-25)20-7-5-4-6-8-20)29(34)24-15-23-18-31-33(28(23)30-17-24)19-22-11-14-26(35-2)16-27(22)36-3/h4-8,11,14-18,21,25H,9-10,12-13,19H2,1-3H3. The molecule has 1 aliphatic rings. The van der Waals surface area contributed by atoms with Crippen molar-refractivity contribution in [3.63, 3.8) is 0 Å². The van der Waals surface area contributed by atoms with Crippen LogP contribution in [0.25, 0.3) is 11.0 Å². The van der Waals surface area contributed by atoms with E-state index >= 15 is 0 Å². The Morgan fingerprint density at radius 3 is 2.50 bits per heavy atom. The Balaban J connectivity index is 1.27. The van der Waals surface area contributed by atoms with Gasteiger partial charge in [-0.25, -0.2) is 9.67 Å². The lowest BCUT2D eigenvalue weighted by molar-refractivity contribution is 0.0689. The Kier molecular flexibility index (Phi) is 6.89. The molecule has 2 aromatic heterocycles. The van der Waals surface area contributed by atoms with E-state index < -0.39 is 0 Å². The second-order valence-electron chi connectivity index (χ2n) is 9.45. The van der Waals surface area contributed by atoms with Gasteiger partial charge in [-0.2, -0.15) is 5.10 Å². The number of hydrogen-bond donors (Lipinski definition) is 0. The van der Waals surface area contributed by atoms with Crippen molar-refractivity contribution in [3.05, 3.63) is 83.7 Å². The number of ether oxygens (including phenoxy) is 2. The molecule has 2 heterocycles. The number of pyridine rings is 1. The molecule has 0 atom stereocenters. The predicted octanol–water partition coefficient (Wildman–Crippen LogP) is 5.30. The zero-order valence-electron chi connectivity index (χ0n) is 21.1. The van der Waals surface area contributed by atoms with Gasteiger partial charge < -0.3 is 14.4 Å². The van der Waals surface area contributed by atoms with Crippen LogP contribution in [0.4, 0.5) is 0 Å². The Labute approximate surface area is 211 Å². The van der Waals surface area contributed by atoms with E-state index in [-0.39, 0.29) is 11.9 Å². The van der Waals surface area contributed by atoms with Crippen LogP contribution < -0.4 is 9.47 Å². The lowest BCUT2D eigenvalue weighted by atomic mass is 9.81. The van der Waals surface area contributed by atoms with E-state index in [2.05, 4.69) is 40.4 Å². The van der Waals surface area contributed by atoms with Crippen LogP contribution in [0.5, 0.6) is 11.5 Å². The number of rotatable bonds is 7. The van der Waals surface area contributed by atoms with E-state index in [1.807, 2.05) is 40.9 Å². The van der Waals surface area contributed by atoms with Crippen molar-refractivity contribution < 1.29 is 14.3 Å². The number of aromatic nitrogens is 3. The van der Waals surface area contributed by atoms with Gasteiger partial charge in [-0.05, 0) is 55.4 Å². The molecule has 1 fully saturated rings. The molecule has 1 aliphatic carbocycles. The van der Waals surface area contributed by atoms with Gasteiger partial charge >= 0.3 is 0 Å². The molecule has 7 nitrogen and oxygen atoms in total. The molecule has 2 aromatic carbocycles. The molecule has 0 bridgehead atoms. The summed E-state index contributed by atoms with van der Waals surface area (Å²) in [6.07, 6.45) is 7.66. The molecule has 7 heteroatoms. The van der Waals surface area contributed by atoms with Crippen LogP contribution in [0.1, 0.15) is 53.1 Å². The first kappa shape index (κ1) is 23.9. The Morgan fingerprint density at radius 1 is 1.00 bits per heavy atom. The molecule has 4 aromatic rings. The molecule has 1 amide bonds. The maximum absolute atomic E-state index is 13.3. The van der Waals surface area contributed by atoms with Crippen LogP contribution in [0.3, 0.4) is 0 Å². The second kappa shape index (κ2) is 10.4. The van der Waals surface area contributed by atoms with Crippen LogP contribution >= 0.6 is 0 Å². The van der Waals surface area contributed by atoms with Crippen LogP contribution in [0.2, 0.25) is 0 Å². The number of benzene rings is 2. The SMILES string of the molecule is COc1ccc(Cn2ncc3cc(C(=O)N(C)C4CCC(c5ccccc5)CC4)cnc32)c(OC)c1. The van der Waals surface area contributed by atoms with Crippen molar-refractivity contribution in [1.82, 2.24) is 19.7 Å². The number of fused-ring (bicyclic) bond motifs is 1. The normalized spacial score (nSPS) is 17.6. The predicted molar refractivity (Wildman–Crippen MR) is 140 cm³/mol. The van der Waals surface area contributed by atoms with E-state index in [0.717, 1.165) is 53.8 Å². The maximum atomic E-state index is 13.3. The highest BCUT2D eigenvalue weighted by Gasteiger charge is 2.28. The molecule has 186 valence electrons. The van der Waals surface area contributed by atoms with Crippen molar-refractivity contribution in [2.45, 2.75) is 44.2 Å². The van der Waals surface area contributed by atoms with Gasteiger partial charge in [-0.3, -0.25) is 4.79 Å². The lowest BCUT2D eigenvalue weighted by Crippen LogP contribution is -2.39. The molecule has 0 saturated heterocycles. The van der Waals surface area contributed by atoms with Crippen LogP contribution in [-0.2, 0) is 6.54 Å².